The maximum absolute atomic E-state index is 14.6. The molecule has 9 nitrogen and oxygen atoms in total. The number of ether oxygens (including phenoxy) is 2. The first-order valence-corrected chi connectivity index (χ1v) is 12.7. The summed E-state index contributed by atoms with van der Waals surface area (Å²) >= 11 is 0. The number of aromatic nitrogens is 2. The number of nitrogens with zero attached hydrogens (tertiary/aromatic N) is 3. The summed E-state index contributed by atoms with van der Waals surface area (Å²) in [6.45, 7) is 3.43. The van der Waals surface area contributed by atoms with Crippen molar-refractivity contribution in [3.8, 4) is 5.75 Å². The van der Waals surface area contributed by atoms with Crippen molar-refractivity contribution in [2.24, 2.45) is 5.92 Å². The summed E-state index contributed by atoms with van der Waals surface area (Å²) in [5, 5.41) is 0. The molecule has 190 valence electrons. The molecule has 36 heavy (non-hydrogen) atoms. The largest absolute Gasteiger partial charge is 0.493 e. The summed E-state index contributed by atoms with van der Waals surface area (Å²) in [5.74, 6) is 0.123. The first-order chi connectivity index (χ1) is 17.5. The number of aromatic amines is 1. The molecule has 10 heteroatoms. The third kappa shape index (κ3) is 4.22. The summed E-state index contributed by atoms with van der Waals surface area (Å²) in [6.07, 6.45) is 3.17. The number of fused-ring (bicyclic) bond motifs is 2. The lowest BCUT2D eigenvalue weighted by molar-refractivity contribution is -0.133. The lowest BCUT2D eigenvalue weighted by Gasteiger charge is -2.34. The zero-order valence-corrected chi connectivity index (χ0v) is 20.1. The third-order valence-electron chi connectivity index (χ3n) is 7.88. The predicted octanol–water partition coefficient (Wildman–Crippen LogP) is 1.61. The first-order valence-electron chi connectivity index (χ1n) is 12.7. The second-order valence-corrected chi connectivity index (χ2v) is 10.0. The Bertz CT molecular complexity index is 1270. The van der Waals surface area contributed by atoms with Crippen molar-refractivity contribution in [2.75, 3.05) is 32.8 Å². The van der Waals surface area contributed by atoms with Crippen LogP contribution >= 0.6 is 0 Å². The van der Waals surface area contributed by atoms with E-state index in [-0.39, 0.29) is 47.9 Å². The van der Waals surface area contributed by atoms with Crippen LogP contribution in [-0.2, 0) is 35.5 Å². The summed E-state index contributed by atoms with van der Waals surface area (Å²) < 4.78 is 25.3. The van der Waals surface area contributed by atoms with Gasteiger partial charge >= 0.3 is 0 Å². The predicted molar refractivity (Wildman–Crippen MR) is 126 cm³/mol. The zero-order valence-electron chi connectivity index (χ0n) is 20.1. The maximum atomic E-state index is 14.6. The van der Waals surface area contributed by atoms with Gasteiger partial charge in [0.05, 0.1) is 49.2 Å². The molecule has 2 saturated heterocycles. The Morgan fingerprint density at radius 2 is 1.94 bits per heavy atom. The second-order valence-electron chi connectivity index (χ2n) is 10.0. The van der Waals surface area contributed by atoms with Crippen molar-refractivity contribution in [3.05, 3.63) is 56.5 Å². The molecule has 0 aliphatic carbocycles. The van der Waals surface area contributed by atoms with Gasteiger partial charge in [0.15, 0.2) is 5.78 Å². The fraction of sp³-hybridized carbons (Fsp3) is 0.538. The van der Waals surface area contributed by atoms with Crippen LogP contribution in [0.15, 0.2) is 16.9 Å². The monoisotopic (exact) mass is 496 g/mol. The Labute approximate surface area is 207 Å². The van der Waals surface area contributed by atoms with E-state index < -0.39 is 5.82 Å². The van der Waals surface area contributed by atoms with E-state index in [9.17, 15) is 18.8 Å². The topological polar surface area (TPSA) is 105 Å². The van der Waals surface area contributed by atoms with Gasteiger partial charge in [0.1, 0.15) is 17.4 Å². The average Bonchev–Trinajstić information content (AvgIpc) is 3.49. The molecule has 0 spiro atoms. The highest BCUT2D eigenvalue weighted by Gasteiger charge is 2.39. The van der Waals surface area contributed by atoms with Gasteiger partial charge in [0, 0.05) is 31.4 Å². The Morgan fingerprint density at radius 3 is 2.78 bits per heavy atom. The highest BCUT2D eigenvalue weighted by Crippen LogP contribution is 2.32. The molecule has 1 amide bonds. The van der Waals surface area contributed by atoms with Crippen LogP contribution in [0.25, 0.3) is 0 Å². The summed E-state index contributed by atoms with van der Waals surface area (Å²) in [7, 11) is 0. The number of H-pyrrole nitrogens is 1. The quantitative estimate of drug-likeness (QED) is 0.627. The van der Waals surface area contributed by atoms with Crippen molar-refractivity contribution in [2.45, 2.75) is 51.3 Å². The number of likely N-dealkylation sites (tertiary alicyclic amines) is 2. The fourth-order valence-electron chi connectivity index (χ4n) is 5.85. The number of hydrogen-bond acceptors (Lipinski definition) is 7. The number of carbonyl (C=O) groups excluding carboxylic acids is 2. The van der Waals surface area contributed by atoms with Crippen molar-refractivity contribution in [1.82, 2.24) is 19.8 Å². The number of nitrogens with one attached hydrogen (secondary N) is 1. The molecular weight excluding hydrogens is 467 g/mol. The van der Waals surface area contributed by atoms with E-state index >= 15 is 0 Å². The number of hydrogen-bond donors (Lipinski definition) is 1. The number of amides is 1. The summed E-state index contributed by atoms with van der Waals surface area (Å²) in [4.78, 5) is 49.9. The highest BCUT2D eigenvalue weighted by molar-refractivity contribution is 5.98. The molecular formula is C26H29FN4O5. The molecule has 0 bridgehead atoms. The number of Topliss-reactive ketones (excluding diaryl/α,β-unsaturated/α-hetero) is 1. The van der Waals surface area contributed by atoms with Crippen LogP contribution in [0, 0.1) is 11.7 Å². The first kappa shape index (κ1) is 23.3. The van der Waals surface area contributed by atoms with Gasteiger partial charge in [-0.05, 0) is 44.0 Å². The zero-order chi connectivity index (χ0) is 24.8. The van der Waals surface area contributed by atoms with Crippen LogP contribution in [0.2, 0.25) is 0 Å². The minimum atomic E-state index is -0.522. The van der Waals surface area contributed by atoms with Crippen LogP contribution in [0.1, 0.15) is 52.3 Å². The SMILES string of the molecule is O=C(c1cc2c(cc1F)OCC2)C1CCN(C2CCN(Cc3nc4c(c(=O)[nH]3)COCC4)C2=O)CC1. The minimum Gasteiger partial charge on any atom is -0.493 e. The smallest absolute Gasteiger partial charge is 0.256 e. The number of rotatable bonds is 5. The number of carbonyl (C=O) groups is 2. The molecule has 0 radical (unpaired) electrons. The van der Waals surface area contributed by atoms with Gasteiger partial charge in [0.25, 0.3) is 5.56 Å². The lowest BCUT2D eigenvalue weighted by Crippen LogP contribution is -2.46. The summed E-state index contributed by atoms with van der Waals surface area (Å²) in [5.41, 5.74) is 2.16. The van der Waals surface area contributed by atoms with Crippen LogP contribution in [0.3, 0.4) is 0 Å². The Kier molecular flexibility index (Phi) is 6.08. The minimum absolute atomic E-state index is 0.0214. The van der Waals surface area contributed by atoms with Gasteiger partial charge in [-0.25, -0.2) is 9.37 Å². The molecule has 2 fully saturated rings. The van der Waals surface area contributed by atoms with E-state index in [1.165, 1.54) is 6.07 Å². The number of halogens is 1. The van der Waals surface area contributed by atoms with Crippen LogP contribution in [0.4, 0.5) is 4.39 Å². The molecule has 4 aliphatic heterocycles. The maximum Gasteiger partial charge on any atom is 0.256 e. The molecule has 6 rings (SSSR count). The molecule has 1 aromatic heterocycles. The highest BCUT2D eigenvalue weighted by atomic mass is 19.1. The molecule has 1 aromatic carbocycles. The normalized spacial score (nSPS) is 22.4. The van der Waals surface area contributed by atoms with Crippen molar-refractivity contribution in [3.63, 3.8) is 0 Å². The van der Waals surface area contributed by atoms with Gasteiger partial charge < -0.3 is 19.4 Å². The van der Waals surface area contributed by atoms with Gasteiger partial charge in [0.2, 0.25) is 5.91 Å². The average molecular weight is 497 g/mol. The molecule has 1 N–H and O–H groups in total. The van der Waals surface area contributed by atoms with Gasteiger partial charge in [-0.15, -0.1) is 0 Å². The van der Waals surface area contributed by atoms with Gasteiger partial charge in [-0.3, -0.25) is 19.3 Å². The van der Waals surface area contributed by atoms with Crippen LogP contribution in [-0.4, -0.2) is 70.3 Å². The van der Waals surface area contributed by atoms with E-state index in [1.54, 1.807) is 11.0 Å². The molecule has 0 saturated carbocycles. The van der Waals surface area contributed by atoms with Crippen molar-refractivity contribution in [1.29, 1.82) is 0 Å². The standard InChI is InChI=1S/C26H29FN4O5/c27-19-12-22-16(4-10-36-22)11-17(19)24(32)15-1-6-30(7-2-15)21-3-8-31(26(21)34)13-23-28-20-5-9-35-14-18(20)25(33)29-23/h11-12,15,21H,1-10,13-14H2,(H,28,29,33). The third-order valence-corrected chi connectivity index (χ3v) is 7.88. The number of piperidine rings is 1. The second kappa shape index (κ2) is 9.40. The lowest BCUT2D eigenvalue weighted by atomic mass is 9.87. The molecule has 5 heterocycles. The van der Waals surface area contributed by atoms with Gasteiger partial charge in [-0.1, -0.05) is 0 Å². The number of ketones is 1. The Hall–Kier alpha value is -3.11. The van der Waals surface area contributed by atoms with E-state index in [1.807, 2.05) is 0 Å². The molecule has 1 atom stereocenters. The van der Waals surface area contributed by atoms with E-state index in [2.05, 4.69) is 14.9 Å². The van der Waals surface area contributed by atoms with Gasteiger partial charge in [-0.2, -0.15) is 0 Å². The van der Waals surface area contributed by atoms with Crippen LogP contribution < -0.4 is 10.3 Å². The molecule has 1 unspecified atom stereocenters. The van der Waals surface area contributed by atoms with Crippen molar-refractivity contribution < 1.29 is 23.5 Å². The Morgan fingerprint density at radius 1 is 1.11 bits per heavy atom. The molecule has 2 aromatic rings. The van der Waals surface area contributed by atoms with E-state index in [0.717, 1.165) is 11.3 Å². The summed E-state index contributed by atoms with van der Waals surface area (Å²) in [6, 6.07) is 2.74. The molecule has 4 aliphatic rings. The van der Waals surface area contributed by atoms with E-state index in [0.29, 0.717) is 82.1 Å². The fourth-order valence-corrected chi connectivity index (χ4v) is 5.85. The van der Waals surface area contributed by atoms with E-state index in [4.69, 9.17) is 9.47 Å². The number of benzene rings is 1. The van der Waals surface area contributed by atoms with Crippen LogP contribution in [0.5, 0.6) is 5.75 Å². The Balaban J connectivity index is 1.07. The van der Waals surface area contributed by atoms with Crippen molar-refractivity contribution >= 4 is 11.7 Å².